The van der Waals surface area contributed by atoms with Crippen molar-refractivity contribution < 1.29 is 23.4 Å². The van der Waals surface area contributed by atoms with Gasteiger partial charge in [-0.2, -0.15) is 9.40 Å². The maximum atomic E-state index is 12.9. The Bertz CT molecular complexity index is 1180. The lowest BCUT2D eigenvalue weighted by molar-refractivity contribution is -0.136. The third kappa shape index (κ3) is 3.42. The molecule has 3 aromatic rings. The fraction of sp³-hybridized carbons (Fsp3) is 0.333. The number of aromatic nitrogens is 4. The molecule has 1 aliphatic rings. The van der Waals surface area contributed by atoms with E-state index in [4.69, 9.17) is 0 Å². The van der Waals surface area contributed by atoms with E-state index in [2.05, 4.69) is 15.1 Å². The molecule has 0 spiro atoms. The monoisotopic (exact) mass is 417 g/mol. The number of rotatable bonds is 5. The van der Waals surface area contributed by atoms with Gasteiger partial charge < -0.3 is 10.2 Å². The van der Waals surface area contributed by atoms with Crippen molar-refractivity contribution in [1.29, 1.82) is 0 Å². The molecular weight excluding hydrogens is 398 g/mol. The fourth-order valence-corrected chi connectivity index (χ4v) is 5.14. The predicted octanol–water partition coefficient (Wildman–Crippen LogP) is 1.04. The number of carboxylic acid groups (broad SMARTS) is 1. The van der Waals surface area contributed by atoms with Gasteiger partial charge in [0.1, 0.15) is 4.90 Å². The van der Waals surface area contributed by atoms with Gasteiger partial charge in [-0.1, -0.05) is 25.1 Å². The SMILES string of the molecule is C[C@@H]1CN(S(=O)(=O)c2cnc(O)nc2)C[C@@H]1n1nc(CC(=O)O)c2ccccc21. The second-order valence-corrected chi connectivity index (χ2v) is 9.00. The van der Waals surface area contributed by atoms with Crippen molar-refractivity contribution in [1.82, 2.24) is 24.1 Å². The normalized spacial score (nSPS) is 20.3. The highest BCUT2D eigenvalue weighted by atomic mass is 32.2. The number of fused-ring (bicyclic) bond motifs is 1. The van der Waals surface area contributed by atoms with E-state index in [-0.39, 0.29) is 36.4 Å². The van der Waals surface area contributed by atoms with Crippen LogP contribution in [0.15, 0.2) is 41.6 Å². The van der Waals surface area contributed by atoms with Gasteiger partial charge in [-0.15, -0.1) is 0 Å². The molecule has 11 heteroatoms. The fourth-order valence-electron chi connectivity index (χ4n) is 3.69. The Morgan fingerprint density at radius 2 is 1.90 bits per heavy atom. The van der Waals surface area contributed by atoms with Crippen LogP contribution in [0.25, 0.3) is 10.9 Å². The van der Waals surface area contributed by atoms with Crippen LogP contribution in [0, 0.1) is 5.92 Å². The average Bonchev–Trinajstić information content (AvgIpc) is 3.23. The lowest BCUT2D eigenvalue weighted by Gasteiger charge is -2.17. The van der Waals surface area contributed by atoms with E-state index in [9.17, 15) is 23.4 Å². The molecule has 2 aromatic heterocycles. The zero-order chi connectivity index (χ0) is 20.8. The van der Waals surface area contributed by atoms with Crippen LogP contribution in [0.2, 0.25) is 0 Å². The number of nitrogens with zero attached hydrogens (tertiary/aromatic N) is 5. The molecule has 0 unspecified atom stereocenters. The Hall–Kier alpha value is -3.05. The summed E-state index contributed by atoms with van der Waals surface area (Å²) in [4.78, 5) is 18.2. The van der Waals surface area contributed by atoms with Crippen molar-refractivity contribution >= 4 is 26.9 Å². The molecule has 2 N–H and O–H groups in total. The first-order valence-corrected chi connectivity index (χ1v) is 10.4. The molecule has 1 saturated heterocycles. The quantitative estimate of drug-likeness (QED) is 0.628. The number of aromatic hydroxyl groups is 1. The number of carbonyl (C=O) groups is 1. The van der Waals surface area contributed by atoms with Crippen LogP contribution in [0.1, 0.15) is 18.7 Å². The van der Waals surface area contributed by atoms with Crippen LogP contribution >= 0.6 is 0 Å². The first-order chi connectivity index (χ1) is 13.8. The number of sulfonamides is 1. The van der Waals surface area contributed by atoms with E-state index in [0.717, 1.165) is 23.3 Å². The number of carboxylic acids is 1. The van der Waals surface area contributed by atoms with Crippen molar-refractivity contribution in [2.75, 3.05) is 13.1 Å². The van der Waals surface area contributed by atoms with Crippen LogP contribution < -0.4 is 0 Å². The minimum Gasteiger partial charge on any atom is -0.481 e. The molecule has 0 saturated carbocycles. The third-order valence-corrected chi connectivity index (χ3v) is 6.90. The van der Waals surface area contributed by atoms with Crippen molar-refractivity contribution in [3.05, 3.63) is 42.4 Å². The summed E-state index contributed by atoms with van der Waals surface area (Å²) in [6.07, 6.45) is 1.94. The van der Waals surface area contributed by atoms with Gasteiger partial charge in [-0.25, -0.2) is 18.4 Å². The van der Waals surface area contributed by atoms with E-state index < -0.39 is 22.0 Å². The van der Waals surface area contributed by atoms with Gasteiger partial charge in [-0.3, -0.25) is 9.48 Å². The molecule has 0 amide bonds. The zero-order valence-corrected chi connectivity index (χ0v) is 16.3. The minimum atomic E-state index is -3.83. The average molecular weight is 417 g/mol. The number of hydrogen-bond donors (Lipinski definition) is 2. The van der Waals surface area contributed by atoms with E-state index >= 15 is 0 Å². The van der Waals surface area contributed by atoms with Gasteiger partial charge in [0, 0.05) is 18.5 Å². The van der Waals surface area contributed by atoms with Gasteiger partial charge in [0.25, 0.3) is 0 Å². The predicted molar refractivity (Wildman–Crippen MR) is 102 cm³/mol. The molecule has 3 heterocycles. The lowest BCUT2D eigenvalue weighted by Crippen LogP contribution is -2.29. The molecule has 2 atom stereocenters. The number of benzene rings is 1. The molecule has 0 aliphatic carbocycles. The molecule has 1 fully saturated rings. The van der Waals surface area contributed by atoms with Gasteiger partial charge in [0.15, 0.2) is 0 Å². The van der Waals surface area contributed by atoms with Gasteiger partial charge in [0.2, 0.25) is 10.0 Å². The summed E-state index contributed by atoms with van der Waals surface area (Å²) >= 11 is 0. The number of hydrogen-bond acceptors (Lipinski definition) is 7. The maximum absolute atomic E-state index is 12.9. The van der Waals surface area contributed by atoms with Gasteiger partial charge in [0.05, 0.1) is 36.1 Å². The largest absolute Gasteiger partial charge is 0.481 e. The molecule has 0 radical (unpaired) electrons. The lowest BCUT2D eigenvalue weighted by atomic mass is 10.1. The number of para-hydroxylation sites is 1. The Balaban J connectivity index is 1.69. The highest BCUT2D eigenvalue weighted by Crippen LogP contribution is 2.34. The Morgan fingerprint density at radius 1 is 1.21 bits per heavy atom. The van der Waals surface area contributed by atoms with Crippen LogP contribution in [-0.2, 0) is 21.2 Å². The summed E-state index contributed by atoms with van der Waals surface area (Å²) in [5.41, 5.74) is 1.22. The van der Waals surface area contributed by atoms with Crippen molar-refractivity contribution in [3.8, 4) is 6.01 Å². The smallest absolute Gasteiger partial charge is 0.313 e. The summed E-state index contributed by atoms with van der Waals surface area (Å²) in [7, 11) is -3.83. The number of aliphatic carboxylic acids is 1. The van der Waals surface area contributed by atoms with Crippen LogP contribution in [-0.4, -0.2) is 61.7 Å². The summed E-state index contributed by atoms with van der Waals surface area (Å²) < 4.78 is 29.0. The van der Waals surface area contributed by atoms with Crippen LogP contribution in [0.5, 0.6) is 6.01 Å². The van der Waals surface area contributed by atoms with E-state index in [1.807, 2.05) is 31.2 Å². The van der Waals surface area contributed by atoms with Crippen LogP contribution in [0.4, 0.5) is 0 Å². The molecule has 4 rings (SSSR count). The molecule has 29 heavy (non-hydrogen) atoms. The summed E-state index contributed by atoms with van der Waals surface area (Å²) in [6, 6.07) is 6.58. The molecule has 1 aromatic carbocycles. The topological polar surface area (TPSA) is 139 Å². The first kappa shape index (κ1) is 19.3. The second kappa shape index (κ2) is 7.08. The van der Waals surface area contributed by atoms with Crippen molar-refractivity contribution in [2.24, 2.45) is 5.92 Å². The van der Waals surface area contributed by atoms with E-state index in [0.29, 0.717) is 5.69 Å². The second-order valence-electron chi connectivity index (χ2n) is 7.06. The highest BCUT2D eigenvalue weighted by Gasteiger charge is 2.39. The molecular formula is C18H19N5O5S. The summed E-state index contributed by atoms with van der Waals surface area (Å²) in [5, 5.41) is 23.6. The summed E-state index contributed by atoms with van der Waals surface area (Å²) in [5.74, 6) is -1.03. The molecule has 0 bridgehead atoms. The van der Waals surface area contributed by atoms with Crippen molar-refractivity contribution in [2.45, 2.75) is 24.3 Å². The Kier molecular flexibility index (Phi) is 4.71. The molecule has 152 valence electrons. The highest BCUT2D eigenvalue weighted by molar-refractivity contribution is 7.89. The molecule has 1 aliphatic heterocycles. The van der Waals surface area contributed by atoms with Crippen molar-refractivity contribution in [3.63, 3.8) is 0 Å². The minimum absolute atomic E-state index is 0.0520. The van der Waals surface area contributed by atoms with Crippen LogP contribution in [0.3, 0.4) is 0 Å². The van der Waals surface area contributed by atoms with Gasteiger partial charge in [-0.05, 0) is 12.0 Å². The summed E-state index contributed by atoms with van der Waals surface area (Å²) in [6.45, 7) is 2.39. The zero-order valence-electron chi connectivity index (χ0n) is 15.5. The first-order valence-electron chi connectivity index (χ1n) is 8.96. The maximum Gasteiger partial charge on any atom is 0.313 e. The van der Waals surface area contributed by atoms with E-state index in [1.165, 1.54) is 4.31 Å². The Morgan fingerprint density at radius 3 is 2.59 bits per heavy atom. The Labute approximate surface area is 166 Å². The molecule has 10 nitrogen and oxygen atoms in total. The standard InChI is InChI=1S/C18H19N5O5S/c1-11-9-22(29(27,28)12-7-19-18(26)20-8-12)10-16(11)23-15-5-3-2-4-13(15)14(21-23)6-17(24)25/h2-5,7-8,11,16H,6,9-10H2,1H3,(H,24,25)(H,19,20,26)/t11-,16+/m1/s1. The van der Waals surface area contributed by atoms with Gasteiger partial charge >= 0.3 is 12.0 Å². The van der Waals surface area contributed by atoms with E-state index in [1.54, 1.807) is 4.68 Å². The third-order valence-electron chi connectivity index (χ3n) is 5.11.